The highest BCUT2D eigenvalue weighted by Crippen LogP contribution is 3.00. The molecule has 9 heteroatoms. The Hall–Kier alpha value is 0.260. The topological polar surface area (TPSA) is 117 Å². The minimum absolute atomic E-state index is 0.694. The Morgan fingerprint density at radius 3 is 2.25 bits per heavy atom. The van der Waals surface area contributed by atoms with Crippen molar-refractivity contribution in [2.75, 3.05) is 6.61 Å². The monoisotopic (exact) mass is 216 g/mol. The lowest BCUT2D eigenvalue weighted by atomic mass is 10.4. The predicted octanol–water partition coefficient (Wildman–Crippen LogP) is -0.568. The average Bonchev–Trinajstić information content (AvgIpc) is 2.68. The molecule has 0 bridgehead atoms. The first-order valence-electron chi connectivity index (χ1n) is 3.01. The number of aliphatic hydroxyl groups is 1. The maximum Gasteiger partial charge on any atom is 0.470 e. The van der Waals surface area contributed by atoms with Crippen molar-refractivity contribution in [3.05, 3.63) is 0 Å². The molecule has 70 valence electrons. The molecule has 12 heavy (non-hydrogen) atoms. The van der Waals surface area contributed by atoms with Crippen LogP contribution < -0.4 is 0 Å². The van der Waals surface area contributed by atoms with Gasteiger partial charge in [-0.15, -0.1) is 0 Å². The lowest BCUT2D eigenvalue weighted by Gasteiger charge is -2.17. The van der Waals surface area contributed by atoms with E-state index < -0.39 is 33.0 Å². The highest BCUT2D eigenvalue weighted by Gasteiger charge is 2.95. The van der Waals surface area contributed by atoms with Crippen LogP contribution in [0.4, 0.5) is 0 Å². The van der Waals surface area contributed by atoms with Crippen molar-refractivity contribution in [1.82, 2.24) is 0 Å². The second-order valence-electron chi connectivity index (χ2n) is 2.64. The zero-order valence-electron chi connectivity index (χ0n) is 5.65. The van der Waals surface area contributed by atoms with Gasteiger partial charge in [-0.3, -0.25) is 9.09 Å². The van der Waals surface area contributed by atoms with Gasteiger partial charge in [-0.2, -0.15) is 0 Å². The predicted molar refractivity (Wildman–Crippen MR) is 35.4 cm³/mol. The molecule has 3 N–H and O–H groups in total. The number of fused-ring (bicyclic) bond motifs is 1. The molecule has 0 spiro atoms. The van der Waals surface area contributed by atoms with Crippen molar-refractivity contribution < 1.29 is 33.1 Å². The summed E-state index contributed by atoms with van der Waals surface area (Å²) in [5, 5.41) is 7.06. The summed E-state index contributed by atoms with van der Waals surface area (Å²) < 4.78 is 30.1. The van der Waals surface area contributed by atoms with Crippen molar-refractivity contribution in [2.45, 2.75) is 11.2 Å². The van der Waals surface area contributed by atoms with Gasteiger partial charge in [0.05, 0.1) is 6.61 Å². The third-order valence-corrected chi connectivity index (χ3v) is 5.28. The van der Waals surface area contributed by atoms with E-state index in [1.54, 1.807) is 0 Å². The summed E-state index contributed by atoms with van der Waals surface area (Å²) >= 11 is 0. The van der Waals surface area contributed by atoms with Crippen LogP contribution in [-0.2, 0) is 18.2 Å². The van der Waals surface area contributed by atoms with E-state index in [1.165, 1.54) is 0 Å². The van der Waals surface area contributed by atoms with Crippen LogP contribution in [0.15, 0.2) is 0 Å². The summed E-state index contributed by atoms with van der Waals surface area (Å²) in [4.78, 5) is 16.8. The summed E-state index contributed by atoms with van der Waals surface area (Å²) in [5.74, 6) is -0.803. The van der Waals surface area contributed by atoms with Gasteiger partial charge >= 0.3 is 7.82 Å². The van der Waals surface area contributed by atoms with E-state index in [9.17, 15) is 9.13 Å². The second kappa shape index (κ2) is 2.01. The first-order valence-corrected chi connectivity index (χ1v) is 6.23. The van der Waals surface area contributed by atoms with E-state index in [0.717, 1.165) is 0 Å². The van der Waals surface area contributed by atoms with Gasteiger partial charge in [0, 0.05) is 0 Å². The van der Waals surface area contributed by atoms with Gasteiger partial charge in [0.25, 0.3) is 7.37 Å². The van der Waals surface area contributed by atoms with Gasteiger partial charge in [-0.25, -0.2) is 4.57 Å². The van der Waals surface area contributed by atoms with Crippen LogP contribution in [0.1, 0.15) is 0 Å². The van der Waals surface area contributed by atoms with Crippen LogP contribution in [0, 0.1) is 0 Å². The third-order valence-electron chi connectivity index (χ3n) is 1.87. The lowest BCUT2D eigenvalue weighted by molar-refractivity contribution is 0.0271. The first-order chi connectivity index (χ1) is 5.36. The largest absolute Gasteiger partial charge is 0.470 e. The smallest absolute Gasteiger partial charge is 0.393 e. The molecule has 0 radical (unpaired) electrons. The number of phosphoric ester groups is 1. The average molecular weight is 216 g/mol. The quantitative estimate of drug-likeness (QED) is 0.427. The van der Waals surface area contributed by atoms with E-state index in [4.69, 9.17) is 14.9 Å². The number of rotatable bonds is 3. The molecule has 3 unspecified atom stereocenters. The maximum absolute atomic E-state index is 11.1. The molecule has 7 nitrogen and oxygen atoms in total. The molecular formula is C3H6O7P2. The van der Waals surface area contributed by atoms with Gasteiger partial charge in [-0.1, -0.05) is 0 Å². The molecule has 0 aromatic heterocycles. The van der Waals surface area contributed by atoms with Gasteiger partial charge in [0.1, 0.15) is 0 Å². The van der Waals surface area contributed by atoms with Crippen molar-refractivity contribution in [3.8, 4) is 0 Å². The van der Waals surface area contributed by atoms with Crippen LogP contribution in [0.5, 0.6) is 0 Å². The van der Waals surface area contributed by atoms with Crippen LogP contribution in [0.3, 0.4) is 0 Å². The number of hydrogen-bond acceptors (Lipinski definition) is 5. The second-order valence-corrected chi connectivity index (χ2v) is 6.43. The fraction of sp³-hybridized carbons (Fsp3) is 1.00. The Bertz CT molecular complexity index is 319. The highest BCUT2D eigenvalue weighted by atomic mass is 31.2. The Morgan fingerprint density at radius 1 is 1.67 bits per heavy atom. The molecule has 2 fully saturated rings. The van der Waals surface area contributed by atoms with Crippen molar-refractivity contribution in [2.24, 2.45) is 0 Å². The van der Waals surface area contributed by atoms with E-state index in [0.29, 0.717) is 0 Å². The molecule has 2 aliphatic heterocycles. The number of phosphoric acid groups is 1. The molecule has 0 amide bonds. The zero-order chi connectivity index (χ0) is 9.20. The van der Waals surface area contributed by atoms with Crippen molar-refractivity contribution in [3.63, 3.8) is 0 Å². The third kappa shape index (κ3) is 0.900. The molecule has 0 aliphatic carbocycles. The van der Waals surface area contributed by atoms with E-state index in [-0.39, 0.29) is 0 Å². The Labute approximate surface area is 67.0 Å². The van der Waals surface area contributed by atoms with Gasteiger partial charge < -0.3 is 19.4 Å². The number of aliphatic hydroxyl groups excluding tert-OH is 1. The molecule has 0 aromatic carbocycles. The van der Waals surface area contributed by atoms with Gasteiger partial charge in [0.15, 0.2) is 5.85 Å². The van der Waals surface area contributed by atoms with Crippen LogP contribution in [-0.4, -0.2) is 32.7 Å². The summed E-state index contributed by atoms with van der Waals surface area (Å²) in [6.07, 6.45) is 0. The standard InChI is InChI=1S/C3H6O7P2/c4-1-3(10-12(6,7)8)2-9-11(2,3)5/h2,4H,1H2,(H2,6,7,8). The summed E-state index contributed by atoms with van der Waals surface area (Å²) in [5.41, 5.74) is 0. The molecule has 2 saturated heterocycles. The lowest BCUT2D eigenvalue weighted by Crippen LogP contribution is -2.26. The van der Waals surface area contributed by atoms with Crippen LogP contribution in [0.2, 0.25) is 0 Å². The summed E-state index contributed by atoms with van der Waals surface area (Å²) in [7, 11) is -7.73. The molecule has 0 aromatic rings. The summed E-state index contributed by atoms with van der Waals surface area (Å²) in [6, 6.07) is 0. The molecule has 2 heterocycles. The van der Waals surface area contributed by atoms with Crippen LogP contribution >= 0.6 is 15.2 Å². The van der Waals surface area contributed by atoms with Crippen molar-refractivity contribution >= 4 is 15.2 Å². The Morgan fingerprint density at radius 2 is 2.17 bits per heavy atom. The minimum atomic E-state index is -4.70. The Balaban J connectivity index is 2.15. The SMILES string of the molecule is O=P(O)(O)OC1(CO)C2OP21=O. The van der Waals surface area contributed by atoms with Crippen LogP contribution in [0.25, 0.3) is 0 Å². The highest BCUT2D eigenvalue weighted by molar-refractivity contribution is 7.76. The van der Waals surface area contributed by atoms with Gasteiger partial charge in [0.2, 0.25) is 5.34 Å². The van der Waals surface area contributed by atoms with Gasteiger partial charge in [-0.05, 0) is 0 Å². The molecule has 2 rings (SSSR count). The van der Waals surface area contributed by atoms with E-state index in [1.807, 2.05) is 0 Å². The fourth-order valence-electron chi connectivity index (χ4n) is 1.13. The molecule has 2 aliphatic rings. The normalized spacial score (nSPS) is 50.1. The van der Waals surface area contributed by atoms with E-state index >= 15 is 0 Å². The fourth-order valence-corrected chi connectivity index (χ4v) is 4.64. The zero-order valence-corrected chi connectivity index (χ0v) is 7.44. The molecule has 3 atom stereocenters. The molecular weight excluding hydrogens is 210 g/mol. The van der Waals surface area contributed by atoms with E-state index in [2.05, 4.69) is 9.05 Å². The summed E-state index contributed by atoms with van der Waals surface area (Å²) in [6.45, 7) is -0.694. The Kier molecular flexibility index (Phi) is 1.48. The molecule has 0 saturated carbocycles. The van der Waals surface area contributed by atoms with Crippen molar-refractivity contribution in [1.29, 1.82) is 0 Å². The number of hydrogen-bond donors (Lipinski definition) is 3. The minimum Gasteiger partial charge on any atom is -0.393 e. The maximum atomic E-state index is 11.1. The first kappa shape index (κ1) is 8.84.